The number of anilines is 4. The van der Waals surface area contributed by atoms with Crippen LogP contribution in [-0.4, -0.2) is 151 Å². The van der Waals surface area contributed by atoms with E-state index in [-0.39, 0.29) is 83.4 Å². The summed E-state index contributed by atoms with van der Waals surface area (Å²) < 4.78 is 18.2. The lowest BCUT2D eigenvalue weighted by atomic mass is 9.73. The third kappa shape index (κ3) is 10.8. The summed E-state index contributed by atoms with van der Waals surface area (Å²) in [6.07, 6.45) is 13.5. The zero-order valence-electron chi connectivity index (χ0n) is 51.5. The predicted octanol–water partition coefficient (Wildman–Crippen LogP) is 8.72. The molecule has 2 saturated carbocycles. The van der Waals surface area contributed by atoms with Crippen LogP contribution in [0.4, 0.5) is 27.3 Å². The Labute approximate surface area is 517 Å². The minimum atomic E-state index is -1.06. The largest absolute Gasteiger partial charge is 0.382 e. The van der Waals surface area contributed by atoms with Gasteiger partial charge in [0, 0.05) is 96.8 Å². The van der Waals surface area contributed by atoms with E-state index in [1.54, 1.807) is 30.6 Å². The summed E-state index contributed by atoms with van der Waals surface area (Å²) in [6, 6.07) is 15.3. The van der Waals surface area contributed by atoms with E-state index < -0.39 is 40.9 Å². The van der Waals surface area contributed by atoms with Gasteiger partial charge in [-0.2, -0.15) is 0 Å². The number of nitrogens with one attached hydrogen (secondary N) is 4. The number of aryl methyl sites for hydroxylation is 1. The number of imidazole rings is 1. The molecule has 21 heteroatoms. The van der Waals surface area contributed by atoms with Gasteiger partial charge < -0.3 is 40.1 Å². The number of rotatable bonds is 14. The van der Waals surface area contributed by atoms with Gasteiger partial charge in [-0.15, -0.1) is 0 Å². The smallest absolute Gasteiger partial charge is 0.264 e. The van der Waals surface area contributed by atoms with Crippen molar-refractivity contribution in [3.63, 3.8) is 0 Å². The van der Waals surface area contributed by atoms with Gasteiger partial charge in [0.1, 0.15) is 17.4 Å². The Kier molecular flexibility index (Phi) is 16.0. The van der Waals surface area contributed by atoms with Crippen LogP contribution in [0.5, 0.6) is 0 Å². The Morgan fingerprint density at radius 2 is 1.56 bits per heavy atom. The van der Waals surface area contributed by atoms with Crippen LogP contribution in [0.2, 0.25) is 0 Å². The minimum Gasteiger partial charge on any atom is -0.382 e. The van der Waals surface area contributed by atoms with Gasteiger partial charge in [0.15, 0.2) is 5.82 Å². The lowest BCUT2D eigenvalue weighted by Gasteiger charge is -2.48. The van der Waals surface area contributed by atoms with Gasteiger partial charge in [-0.1, -0.05) is 37.6 Å². The second kappa shape index (κ2) is 23.9. The molecule has 2 aromatic heterocycles. The van der Waals surface area contributed by atoms with E-state index in [4.69, 9.17) is 9.97 Å². The number of aromatic nitrogens is 3. The summed E-state index contributed by atoms with van der Waals surface area (Å²) in [5.74, 6) is -2.77. The number of halogens is 1. The maximum Gasteiger partial charge on any atom is 0.264 e. The van der Waals surface area contributed by atoms with Crippen molar-refractivity contribution in [3.8, 4) is 11.3 Å². The Hall–Kier alpha value is -8.33. The summed E-state index contributed by atoms with van der Waals surface area (Å²) in [5, 5.41) is 12.0. The van der Waals surface area contributed by atoms with E-state index in [0.29, 0.717) is 129 Å². The molecule has 3 aromatic carbocycles. The Morgan fingerprint density at radius 1 is 0.798 bits per heavy atom. The van der Waals surface area contributed by atoms with Crippen molar-refractivity contribution in [2.24, 2.45) is 5.92 Å². The number of benzene rings is 3. The number of carbonyl (C=O) groups is 8. The highest BCUT2D eigenvalue weighted by Gasteiger charge is 2.56. The third-order valence-electron chi connectivity index (χ3n) is 20.3. The number of likely N-dealkylation sites (tertiary alicyclic amines) is 2. The topological polar surface area (TPSA) is 232 Å². The first-order valence-corrected chi connectivity index (χ1v) is 32.3. The predicted molar refractivity (Wildman–Crippen MR) is 334 cm³/mol. The number of hydrogen-bond acceptors (Lipinski definition) is 13. The highest BCUT2D eigenvalue weighted by Crippen LogP contribution is 2.53. The number of amides is 8. The van der Waals surface area contributed by atoms with Crippen LogP contribution in [-0.2, 0) is 35.8 Å². The fourth-order valence-corrected chi connectivity index (χ4v) is 15.3. The number of piperidine rings is 3. The summed E-state index contributed by atoms with van der Waals surface area (Å²) in [4.78, 5) is 128. The van der Waals surface area contributed by atoms with E-state index in [2.05, 4.69) is 43.2 Å². The van der Waals surface area contributed by atoms with Crippen LogP contribution < -0.4 is 26.2 Å². The lowest BCUT2D eigenvalue weighted by Crippen LogP contribution is -2.58. The highest BCUT2D eigenvalue weighted by molar-refractivity contribution is 6.25. The van der Waals surface area contributed by atoms with Crippen molar-refractivity contribution >= 4 is 81.2 Å². The molecular weight excluding hydrogens is 1130 g/mol. The van der Waals surface area contributed by atoms with Crippen molar-refractivity contribution in [2.45, 2.75) is 173 Å². The molecule has 3 saturated heterocycles. The van der Waals surface area contributed by atoms with E-state index in [1.807, 2.05) is 67.2 Å². The molecule has 466 valence electrons. The number of carbonyl (C=O) groups excluding carboxylic acids is 8. The summed E-state index contributed by atoms with van der Waals surface area (Å²) in [5.41, 5.74) is 6.37. The van der Waals surface area contributed by atoms with Crippen molar-refractivity contribution in [1.29, 1.82) is 0 Å². The van der Waals surface area contributed by atoms with Crippen LogP contribution in [0.25, 0.3) is 22.3 Å². The van der Waals surface area contributed by atoms with Gasteiger partial charge >= 0.3 is 0 Å². The van der Waals surface area contributed by atoms with Crippen LogP contribution in [0, 0.1) is 11.7 Å². The molecule has 1 spiro atoms. The molecule has 5 aromatic rings. The molecule has 8 aliphatic rings. The average molecular weight is 1210 g/mol. The minimum absolute atomic E-state index is 0.00219. The zero-order chi connectivity index (χ0) is 62.2. The molecule has 4 N–H and O–H groups in total. The van der Waals surface area contributed by atoms with Gasteiger partial charge in [-0.3, -0.25) is 48.6 Å². The van der Waals surface area contributed by atoms with Crippen LogP contribution >= 0.6 is 0 Å². The van der Waals surface area contributed by atoms with Gasteiger partial charge in [-0.05, 0) is 172 Å². The number of hydrogen-bond donors (Lipinski definition) is 4. The van der Waals surface area contributed by atoms with E-state index in [9.17, 15) is 33.6 Å². The van der Waals surface area contributed by atoms with Crippen molar-refractivity contribution < 1.29 is 42.7 Å². The maximum absolute atomic E-state index is 16.2. The normalized spacial score (nSPS) is 23.7. The van der Waals surface area contributed by atoms with Gasteiger partial charge in [-0.25, -0.2) is 14.4 Å². The van der Waals surface area contributed by atoms with E-state index in [1.165, 1.54) is 25.3 Å². The summed E-state index contributed by atoms with van der Waals surface area (Å²) in [6.45, 7) is 13.5. The SMILES string of the molecule is CCc1cc(F)c(Nc2nc(-c3ccc4c(c3)N(C3CC(N5CCCCC5)C3)C(=O)C43CCN(C(=O)C4=CCN(C(=O)C5CCC(Nc6cccc7c6C(=O)N([C@@H]6CCC(=O)NC6=O)C7=O)CC5)CC4)CC3)cc3ncn(C(C)C)c23)cc1C(=O)NC(C)C. The lowest BCUT2D eigenvalue weighted by molar-refractivity contribution is -0.137. The van der Waals surface area contributed by atoms with E-state index in [0.717, 1.165) is 47.6 Å². The van der Waals surface area contributed by atoms with Crippen molar-refractivity contribution in [2.75, 3.05) is 54.8 Å². The van der Waals surface area contributed by atoms with E-state index >= 15 is 9.18 Å². The fourth-order valence-electron chi connectivity index (χ4n) is 15.3. The first kappa shape index (κ1) is 59.6. The molecule has 0 radical (unpaired) electrons. The molecular formula is C68H79FN12O8. The number of imide groups is 2. The monoisotopic (exact) mass is 1210 g/mol. The summed E-state index contributed by atoms with van der Waals surface area (Å²) in [7, 11) is 0. The molecule has 0 bridgehead atoms. The molecule has 13 rings (SSSR count). The van der Waals surface area contributed by atoms with Crippen LogP contribution in [0.1, 0.15) is 173 Å². The highest BCUT2D eigenvalue weighted by atomic mass is 19.1. The Balaban J connectivity index is 0.691. The second-order valence-corrected chi connectivity index (χ2v) is 26.4. The zero-order valence-corrected chi connectivity index (χ0v) is 51.5. The Morgan fingerprint density at radius 3 is 2.26 bits per heavy atom. The number of nitrogens with zero attached hydrogens (tertiary/aromatic N) is 8. The standard InChI is InChI=1S/C68H79FN12O8/c1-6-40-31-50(69)53(35-48(40)61(83)71-38(2)3)74-60-59-54(70-37-79(59)39(4)5)36-52(73-60)43-15-18-49-56(32-43)80(46-33-45(34-46)76-25-8-7-9-26-76)67(89)68(49)23-29-78(30-24-68)64(86)42-21-27-77(28-22-42)63(85)41-13-16-44(17-14-41)72-51-12-10-11-47-58(51)66(88)81(65(47)87)55-19-20-57(82)75-62(55)84/h10-12,15,18,21,31-32,35-39,41,44-46,55,72H,6-9,13-14,16-17,19-20,22-30,33-34H2,1-5H3,(H,71,83)(H,73,74)(H,75,82,84)/t41?,44?,45?,46?,55-/m1/s1. The number of fused-ring (bicyclic) bond motifs is 4. The first-order valence-electron chi connectivity index (χ1n) is 32.3. The average Bonchev–Trinajstić information content (AvgIpc) is 1.68. The Bertz CT molecular complexity index is 3770. The molecule has 20 nitrogen and oxygen atoms in total. The van der Waals surface area contributed by atoms with Crippen LogP contribution in [0.15, 0.2) is 72.6 Å². The van der Waals surface area contributed by atoms with Crippen molar-refractivity contribution in [3.05, 3.63) is 106 Å². The van der Waals surface area contributed by atoms with Gasteiger partial charge in [0.2, 0.25) is 29.5 Å². The quantitative estimate of drug-likeness (QED) is 0.0763. The first-order chi connectivity index (χ1) is 42.9. The second-order valence-electron chi connectivity index (χ2n) is 26.4. The molecule has 0 unspecified atom stereocenters. The molecule has 5 fully saturated rings. The molecule has 1 atom stereocenters. The summed E-state index contributed by atoms with van der Waals surface area (Å²) >= 11 is 0. The van der Waals surface area contributed by atoms with Gasteiger partial charge in [0.25, 0.3) is 17.7 Å². The number of pyridine rings is 1. The maximum atomic E-state index is 16.2. The molecule has 8 amide bonds. The fraction of sp³-hybridized carbons (Fsp3) is 0.500. The molecule has 89 heavy (non-hydrogen) atoms. The molecule has 6 aliphatic heterocycles. The van der Waals surface area contributed by atoms with Crippen LogP contribution in [0.3, 0.4) is 0 Å². The van der Waals surface area contributed by atoms with Crippen molar-refractivity contribution in [1.82, 2.24) is 44.8 Å². The third-order valence-corrected chi connectivity index (χ3v) is 20.3. The van der Waals surface area contributed by atoms with Gasteiger partial charge in [0.05, 0.1) is 39.8 Å². The molecule has 8 heterocycles. The molecule has 2 aliphatic carbocycles.